The minimum absolute atomic E-state index is 0.144. The third-order valence-corrected chi connectivity index (χ3v) is 6.01. The van der Waals surface area contributed by atoms with Gasteiger partial charge in [0.25, 0.3) is 0 Å². The average Bonchev–Trinajstić information content (AvgIpc) is 3.05. The maximum absolute atomic E-state index is 10.8. The summed E-state index contributed by atoms with van der Waals surface area (Å²) in [6.45, 7) is 5.21. The molecule has 3 N–H and O–H groups in total. The van der Waals surface area contributed by atoms with E-state index in [1.54, 1.807) is 26.8 Å². The third kappa shape index (κ3) is 1.75. The van der Waals surface area contributed by atoms with E-state index in [1.807, 2.05) is 6.07 Å². The van der Waals surface area contributed by atoms with E-state index in [4.69, 9.17) is 21.6 Å². The fourth-order valence-electron chi connectivity index (χ4n) is 4.26. The standard InChI is InChI=1S/C18H17ClN2O4/c1-8-10(5-4-9(7-20)14(8)19)21-15(23)12-13(16(21)24)18(3)11(22)6-17(12,2)25-18/h4-5,11,22-24H,6H2,1-3H3/t11-,17+,18-/m0/s1. The molecule has 0 unspecified atom stereocenters. The quantitative estimate of drug-likeness (QED) is 0.726. The molecule has 4 rings (SSSR count). The van der Waals surface area contributed by atoms with Crippen molar-refractivity contribution in [2.24, 2.45) is 0 Å². The van der Waals surface area contributed by atoms with E-state index < -0.39 is 17.3 Å². The number of fused-ring (bicyclic) bond motifs is 5. The summed E-state index contributed by atoms with van der Waals surface area (Å²) in [5.41, 5.74) is 0.267. The van der Waals surface area contributed by atoms with Gasteiger partial charge in [-0.2, -0.15) is 5.26 Å². The van der Waals surface area contributed by atoms with Crippen LogP contribution in [0.25, 0.3) is 5.69 Å². The van der Waals surface area contributed by atoms with Crippen LogP contribution in [0.15, 0.2) is 12.1 Å². The number of nitrogens with zero attached hydrogens (tertiary/aromatic N) is 2. The van der Waals surface area contributed by atoms with E-state index in [-0.39, 0.29) is 16.8 Å². The summed E-state index contributed by atoms with van der Waals surface area (Å²) < 4.78 is 7.26. The Balaban J connectivity index is 2.02. The first-order valence-corrected chi connectivity index (χ1v) is 8.29. The number of nitriles is 1. The molecule has 1 fully saturated rings. The number of ether oxygens (including phenoxy) is 1. The van der Waals surface area contributed by atoms with Crippen LogP contribution >= 0.6 is 11.6 Å². The molecular formula is C18H17ClN2O4. The Morgan fingerprint density at radius 1 is 1.28 bits per heavy atom. The molecule has 1 aromatic heterocycles. The van der Waals surface area contributed by atoms with Gasteiger partial charge in [-0.1, -0.05) is 11.6 Å². The van der Waals surface area contributed by atoms with Crippen molar-refractivity contribution in [2.45, 2.75) is 44.5 Å². The number of aromatic hydroxyl groups is 2. The second-order valence-corrected chi connectivity index (χ2v) is 7.45. The summed E-state index contributed by atoms with van der Waals surface area (Å²) in [4.78, 5) is 0. The average molecular weight is 361 g/mol. The number of rotatable bonds is 1. The highest BCUT2D eigenvalue weighted by Crippen LogP contribution is 2.64. The maximum Gasteiger partial charge on any atom is 0.205 e. The Morgan fingerprint density at radius 2 is 1.92 bits per heavy atom. The molecule has 0 spiro atoms. The van der Waals surface area contributed by atoms with Crippen molar-refractivity contribution in [1.29, 1.82) is 5.26 Å². The highest BCUT2D eigenvalue weighted by atomic mass is 35.5. The van der Waals surface area contributed by atoms with Gasteiger partial charge in [-0.25, -0.2) is 0 Å². The fraction of sp³-hybridized carbons (Fsp3) is 0.389. The van der Waals surface area contributed by atoms with Crippen LogP contribution in [0.5, 0.6) is 11.8 Å². The molecule has 3 atom stereocenters. The highest BCUT2D eigenvalue weighted by Gasteiger charge is 2.64. The SMILES string of the molecule is Cc1c(-n2c(O)c3c(c2O)[C@@]2(C)O[C@]3(C)C[C@@H]2O)ccc(C#N)c1Cl. The lowest BCUT2D eigenvalue weighted by Gasteiger charge is -2.25. The molecule has 0 saturated carbocycles. The van der Waals surface area contributed by atoms with Gasteiger partial charge in [0.1, 0.15) is 11.7 Å². The molecule has 2 bridgehead atoms. The van der Waals surface area contributed by atoms with Crippen molar-refractivity contribution in [1.82, 2.24) is 4.57 Å². The van der Waals surface area contributed by atoms with E-state index in [2.05, 4.69) is 0 Å². The van der Waals surface area contributed by atoms with Crippen molar-refractivity contribution >= 4 is 11.6 Å². The van der Waals surface area contributed by atoms with Gasteiger partial charge >= 0.3 is 0 Å². The molecule has 2 aliphatic heterocycles. The van der Waals surface area contributed by atoms with E-state index in [0.717, 1.165) is 0 Å². The van der Waals surface area contributed by atoms with Crippen LogP contribution in [0.4, 0.5) is 0 Å². The summed E-state index contributed by atoms with van der Waals surface area (Å²) in [5, 5.41) is 41.4. The zero-order chi connectivity index (χ0) is 18.3. The largest absolute Gasteiger partial charge is 0.494 e. The molecule has 0 radical (unpaired) electrons. The Morgan fingerprint density at radius 3 is 2.56 bits per heavy atom. The molecule has 2 aliphatic rings. The number of hydrogen-bond donors (Lipinski definition) is 3. The Labute approximate surface area is 149 Å². The molecule has 130 valence electrons. The maximum atomic E-state index is 10.8. The Bertz CT molecular complexity index is 977. The van der Waals surface area contributed by atoms with Crippen molar-refractivity contribution in [2.75, 3.05) is 0 Å². The van der Waals surface area contributed by atoms with Gasteiger partial charge in [0.15, 0.2) is 0 Å². The van der Waals surface area contributed by atoms with Crippen LogP contribution in [-0.2, 0) is 15.9 Å². The monoisotopic (exact) mass is 360 g/mol. The van der Waals surface area contributed by atoms with Crippen LogP contribution in [0, 0.1) is 18.3 Å². The third-order valence-electron chi connectivity index (χ3n) is 5.52. The van der Waals surface area contributed by atoms with Gasteiger partial charge in [0.2, 0.25) is 11.8 Å². The second kappa shape index (κ2) is 4.70. The lowest BCUT2D eigenvalue weighted by molar-refractivity contribution is -0.0936. The molecule has 7 heteroatoms. The second-order valence-electron chi connectivity index (χ2n) is 7.08. The number of aliphatic hydroxyl groups is 1. The van der Waals surface area contributed by atoms with Gasteiger partial charge < -0.3 is 20.1 Å². The van der Waals surface area contributed by atoms with Gasteiger partial charge in [-0.15, -0.1) is 0 Å². The predicted molar refractivity (Wildman–Crippen MR) is 90.0 cm³/mol. The summed E-state index contributed by atoms with van der Waals surface area (Å²) in [6, 6.07) is 5.17. The first-order valence-electron chi connectivity index (χ1n) is 7.91. The molecule has 25 heavy (non-hydrogen) atoms. The Kier molecular flexibility index (Phi) is 3.06. The van der Waals surface area contributed by atoms with Crippen LogP contribution in [0.3, 0.4) is 0 Å². The minimum Gasteiger partial charge on any atom is -0.494 e. The van der Waals surface area contributed by atoms with Crippen LogP contribution in [0.2, 0.25) is 5.02 Å². The van der Waals surface area contributed by atoms with E-state index >= 15 is 0 Å². The molecule has 1 aromatic carbocycles. The number of halogens is 1. The highest BCUT2D eigenvalue weighted by molar-refractivity contribution is 6.32. The first kappa shape index (κ1) is 16.3. The lowest BCUT2D eigenvalue weighted by atomic mass is 9.78. The normalized spacial score (nSPS) is 29.7. The number of aliphatic hydroxyl groups excluding tert-OH is 1. The summed E-state index contributed by atoms with van der Waals surface area (Å²) in [6.07, 6.45) is -0.447. The topological polar surface area (TPSA) is 98.6 Å². The summed E-state index contributed by atoms with van der Waals surface area (Å²) in [5.74, 6) is -0.337. The number of aromatic nitrogens is 1. The van der Waals surface area contributed by atoms with E-state index in [0.29, 0.717) is 34.4 Å². The van der Waals surface area contributed by atoms with Crippen molar-refractivity contribution in [3.8, 4) is 23.5 Å². The van der Waals surface area contributed by atoms with Crippen molar-refractivity contribution in [3.05, 3.63) is 39.4 Å². The molecule has 3 heterocycles. The smallest absolute Gasteiger partial charge is 0.205 e. The van der Waals surface area contributed by atoms with Crippen LogP contribution in [-0.4, -0.2) is 26.0 Å². The predicted octanol–water partition coefficient (Wildman–Crippen LogP) is 2.95. The molecule has 1 saturated heterocycles. The van der Waals surface area contributed by atoms with Gasteiger partial charge in [0.05, 0.1) is 39.1 Å². The zero-order valence-corrected chi connectivity index (χ0v) is 14.7. The molecule has 2 aromatic rings. The minimum atomic E-state index is -1.08. The molecule has 6 nitrogen and oxygen atoms in total. The molecule has 0 aliphatic carbocycles. The Hall–Kier alpha value is -2.20. The van der Waals surface area contributed by atoms with Crippen LogP contribution < -0.4 is 0 Å². The zero-order valence-electron chi connectivity index (χ0n) is 14.0. The summed E-state index contributed by atoms with van der Waals surface area (Å²) in [7, 11) is 0. The van der Waals surface area contributed by atoms with Gasteiger partial charge in [0, 0.05) is 6.42 Å². The number of benzene rings is 1. The van der Waals surface area contributed by atoms with E-state index in [1.165, 1.54) is 10.6 Å². The fourth-order valence-corrected chi connectivity index (χ4v) is 4.46. The first-order chi connectivity index (χ1) is 11.7. The van der Waals surface area contributed by atoms with Crippen molar-refractivity contribution in [3.63, 3.8) is 0 Å². The lowest BCUT2D eigenvalue weighted by Crippen LogP contribution is -2.32. The van der Waals surface area contributed by atoms with Gasteiger partial charge in [-0.05, 0) is 38.5 Å². The number of hydrogen-bond acceptors (Lipinski definition) is 5. The van der Waals surface area contributed by atoms with Crippen LogP contribution in [0.1, 0.15) is 42.5 Å². The van der Waals surface area contributed by atoms with Gasteiger partial charge in [-0.3, -0.25) is 4.57 Å². The van der Waals surface area contributed by atoms with Crippen molar-refractivity contribution < 1.29 is 20.1 Å². The molecular weight excluding hydrogens is 344 g/mol. The summed E-state index contributed by atoms with van der Waals surface area (Å²) >= 11 is 6.23. The van der Waals surface area contributed by atoms with E-state index in [9.17, 15) is 15.3 Å². The molecule has 0 amide bonds.